The van der Waals surface area contributed by atoms with E-state index in [2.05, 4.69) is 17.1 Å². The largest absolute Gasteiger partial charge is 0.356 e. The van der Waals surface area contributed by atoms with Gasteiger partial charge in [-0.1, -0.05) is 37.3 Å². The summed E-state index contributed by atoms with van der Waals surface area (Å²) in [6.07, 6.45) is 1.52. The highest BCUT2D eigenvalue weighted by Gasteiger charge is 2.19. The fourth-order valence-corrected chi connectivity index (χ4v) is 3.05. The van der Waals surface area contributed by atoms with Crippen molar-refractivity contribution in [1.82, 2.24) is 15.1 Å². The van der Waals surface area contributed by atoms with Gasteiger partial charge in [-0.2, -0.15) is 0 Å². The summed E-state index contributed by atoms with van der Waals surface area (Å²) in [7, 11) is 0. The monoisotopic (exact) mass is 359 g/mol. The number of hydrogen-bond donors (Lipinski definition) is 1. The minimum absolute atomic E-state index is 0.0554. The van der Waals surface area contributed by atoms with E-state index in [0.717, 1.165) is 32.7 Å². The summed E-state index contributed by atoms with van der Waals surface area (Å²) < 4.78 is 0. The Hall–Kier alpha value is -2.21. The molecular formula is C20H29N3O3. The molecule has 0 atom stereocenters. The Morgan fingerprint density at radius 1 is 0.962 bits per heavy atom. The first kappa shape index (κ1) is 20.1. The zero-order chi connectivity index (χ0) is 18.8. The minimum atomic E-state index is -0.102. The molecule has 1 aromatic rings. The van der Waals surface area contributed by atoms with Crippen molar-refractivity contribution in [3.8, 4) is 0 Å². The van der Waals surface area contributed by atoms with E-state index in [1.165, 1.54) is 0 Å². The second kappa shape index (κ2) is 10.7. The number of carbonyl (C=O) groups excluding carboxylic acids is 3. The molecule has 142 valence electrons. The average Bonchev–Trinajstić information content (AvgIpc) is 2.68. The third kappa shape index (κ3) is 6.59. The van der Waals surface area contributed by atoms with Crippen LogP contribution in [0.4, 0.5) is 0 Å². The van der Waals surface area contributed by atoms with Gasteiger partial charge in [0.1, 0.15) is 0 Å². The lowest BCUT2D eigenvalue weighted by Crippen LogP contribution is -2.49. The summed E-state index contributed by atoms with van der Waals surface area (Å²) in [5.41, 5.74) is 0.682. The molecule has 1 aliphatic heterocycles. The van der Waals surface area contributed by atoms with Crippen molar-refractivity contribution in [2.75, 3.05) is 39.3 Å². The van der Waals surface area contributed by atoms with Crippen molar-refractivity contribution in [1.29, 1.82) is 0 Å². The normalized spacial score (nSPS) is 14.9. The minimum Gasteiger partial charge on any atom is -0.356 e. The van der Waals surface area contributed by atoms with Gasteiger partial charge in [0.05, 0.1) is 0 Å². The van der Waals surface area contributed by atoms with E-state index in [0.29, 0.717) is 37.8 Å². The van der Waals surface area contributed by atoms with Crippen molar-refractivity contribution in [3.05, 3.63) is 35.9 Å². The predicted octanol–water partition coefficient (Wildman–Crippen LogP) is 1.71. The van der Waals surface area contributed by atoms with Crippen molar-refractivity contribution < 1.29 is 14.4 Å². The molecule has 0 aromatic heterocycles. The van der Waals surface area contributed by atoms with Crippen LogP contribution in [0.3, 0.4) is 0 Å². The fourth-order valence-electron chi connectivity index (χ4n) is 3.05. The first-order valence-corrected chi connectivity index (χ1v) is 9.45. The highest BCUT2D eigenvalue weighted by Crippen LogP contribution is 2.07. The van der Waals surface area contributed by atoms with Crippen LogP contribution in [0.2, 0.25) is 0 Å². The number of nitrogens with one attached hydrogen (secondary N) is 1. The Morgan fingerprint density at radius 2 is 1.65 bits per heavy atom. The second-order valence-electron chi connectivity index (χ2n) is 6.56. The molecule has 26 heavy (non-hydrogen) atoms. The van der Waals surface area contributed by atoms with Crippen molar-refractivity contribution in [3.63, 3.8) is 0 Å². The molecule has 2 amide bonds. The maximum absolute atomic E-state index is 12.1. The number of carbonyl (C=O) groups is 3. The molecular weight excluding hydrogens is 330 g/mol. The molecule has 0 spiro atoms. The van der Waals surface area contributed by atoms with Gasteiger partial charge in [-0.3, -0.25) is 14.4 Å². The van der Waals surface area contributed by atoms with E-state index in [1.807, 2.05) is 23.1 Å². The summed E-state index contributed by atoms with van der Waals surface area (Å²) in [4.78, 5) is 40.2. The molecule has 0 unspecified atom stereocenters. The number of nitrogens with zero attached hydrogens (tertiary/aromatic N) is 2. The topological polar surface area (TPSA) is 69.7 Å². The molecule has 6 heteroatoms. The highest BCUT2D eigenvalue weighted by molar-refractivity contribution is 5.96. The van der Waals surface area contributed by atoms with Gasteiger partial charge in [-0.25, -0.2) is 0 Å². The van der Waals surface area contributed by atoms with Crippen LogP contribution >= 0.6 is 0 Å². The zero-order valence-electron chi connectivity index (χ0n) is 15.6. The second-order valence-corrected chi connectivity index (χ2v) is 6.56. The standard InChI is InChI=1S/C20H29N3O3/c1-2-22-13-15-23(16-14-22)20(26)11-12-21-19(25)10-6-9-18(24)17-7-4-3-5-8-17/h3-5,7-8H,2,6,9-16H2,1H3,(H,21,25). The van der Waals surface area contributed by atoms with Crippen molar-refractivity contribution >= 4 is 17.6 Å². The van der Waals surface area contributed by atoms with Crippen LogP contribution in [0.1, 0.15) is 43.0 Å². The maximum Gasteiger partial charge on any atom is 0.224 e. The Bertz CT molecular complexity index is 596. The number of Topliss-reactive ketones (excluding diaryl/α,β-unsaturated/α-hetero) is 1. The molecule has 2 rings (SSSR count). The van der Waals surface area contributed by atoms with Gasteiger partial charge < -0.3 is 15.1 Å². The zero-order valence-corrected chi connectivity index (χ0v) is 15.6. The highest BCUT2D eigenvalue weighted by atomic mass is 16.2. The van der Waals surface area contributed by atoms with Gasteiger partial charge in [-0.15, -0.1) is 0 Å². The summed E-state index contributed by atoms with van der Waals surface area (Å²) in [6, 6.07) is 9.11. The van der Waals surface area contributed by atoms with E-state index in [1.54, 1.807) is 12.1 Å². The average molecular weight is 359 g/mol. The lowest BCUT2D eigenvalue weighted by Gasteiger charge is -2.34. The van der Waals surface area contributed by atoms with E-state index in [4.69, 9.17) is 0 Å². The Balaban J connectivity index is 1.56. The number of rotatable bonds is 9. The third-order valence-corrected chi connectivity index (χ3v) is 4.74. The van der Waals surface area contributed by atoms with Gasteiger partial charge in [0, 0.05) is 57.5 Å². The van der Waals surface area contributed by atoms with Gasteiger partial charge in [0.2, 0.25) is 11.8 Å². The van der Waals surface area contributed by atoms with E-state index >= 15 is 0 Å². The molecule has 1 saturated heterocycles. The van der Waals surface area contributed by atoms with Crippen LogP contribution in [0.5, 0.6) is 0 Å². The number of hydrogen-bond acceptors (Lipinski definition) is 4. The Labute approximate surface area is 155 Å². The molecule has 1 heterocycles. The lowest BCUT2D eigenvalue weighted by atomic mass is 10.1. The first-order chi connectivity index (χ1) is 12.6. The maximum atomic E-state index is 12.1. The third-order valence-electron chi connectivity index (χ3n) is 4.74. The van der Waals surface area contributed by atoms with Crippen LogP contribution < -0.4 is 5.32 Å². The molecule has 6 nitrogen and oxygen atoms in total. The fraction of sp³-hybridized carbons (Fsp3) is 0.550. The first-order valence-electron chi connectivity index (χ1n) is 9.45. The van der Waals surface area contributed by atoms with Gasteiger partial charge in [0.25, 0.3) is 0 Å². The number of benzene rings is 1. The van der Waals surface area contributed by atoms with E-state index < -0.39 is 0 Å². The molecule has 1 fully saturated rings. The van der Waals surface area contributed by atoms with Crippen LogP contribution in [-0.4, -0.2) is 66.7 Å². The predicted molar refractivity (Wildman–Crippen MR) is 101 cm³/mol. The molecule has 0 bridgehead atoms. The molecule has 1 aromatic carbocycles. The van der Waals surface area contributed by atoms with Gasteiger partial charge in [0.15, 0.2) is 5.78 Å². The Kier molecular flexibility index (Phi) is 8.28. The summed E-state index contributed by atoms with van der Waals surface area (Å²) in [6.45, 7) is 6.88. The number of likely N-dealkylation sites (N-methyl/N-ethyl adjacent to an activating group) is 1. The molecule has 0 radical (unpaired) electrons. The SMILES string of the molecule is CCN1CCN(C(=O)CCNC(=O)CCCC(=O)c2ccccc2)CC1. The van der Waals surface area contributed by atoms with E-state index in [-0.39, 0.29) is 17.6 Å². The van der Waals surface area contributed by atoms with Crippen LogP contribution in [0.15, 0.2) is 30.3 Å². The summed E-state index contributed by atoms with van der Waals surface area (Å²) >= 11 is 0. The van der Waals surface area contributed by atoms with Crippen molar-refractivity contribution in [2.24, 2.45) is 0 Å². The van der Waals surface area contributed by atoms with Crippen molar-refractivity contribution in [2.45, 2.75) is 32.6 Å². The Morgan fingerprint density at radius 3 is 2.31 bits per heavy atom. The smallest absolute Gasteiger partial charge is 0.224 e. The quantitative estimate of drug-likeness (QED) is 0.682. The lowest BCUT2D eigenvalue weighted by molar-refractivity contribution is -0.132. The van der Waals surface area contributed by atoms with Crippen LogP contribution in [-0.2, 0) is 9.59 Å². The van der Waals surface area contributed by atoms with Crippen LogP contribution in [0, 0.1) is 0 Å². The van der Waals surface area contributed by atoms with Crippen LogP contribution in [0.25, 0.3) is 0 Å². The number of piperazine rings is 1. The summed E-state index contributed by atoms with van der Waals surface area (Å²) in [5, 5.41) is 2.78. The molecule has 0 aliphatic carbocycles. The number of amides is 2. The molecule has 1 aliphatic rings. The van der Waals surface area contributed by atoms with Gasteiger partial charge >= 0.3 is 0 Å². The van der Waals surface area contributed by atoms with E-state index in [9.17, 15) is 14.4 Å². The molecule has 0 saturated carbocycles. The number of ketones is 1. The molecule has 1 N–H and O–H groups in total. The summed E-state index contributed by atoms with van der Waals surface area (Å²) in [5.74, 6) is 0.0505. The van der Waals surface area contributed by atoms with Gasteiger partial charge in [-0.05, 0) is 13.0 Å².